The van der Waals surface area contributed by atoms with Crippen LogP contribution in [0, 0.1) is 0 Å². The molecular formula is C20H21NO3S. The Morgan fingerprint density at radius 3 is 2.28 bits per heavy atom. The van der Waals surface area contributed by atoms with E-state index >= 15 is 0 Å². The molecule has 0 radical (unpaired) electrons. The zero-order valence-corrected chi connectivity index (χ0v) is 15.6. The van der Waals surface area contributed by atoms with Gasteiger partial charge in [0.05, 0.1) is 26.2 Å². The number of rotatable bonds is 6. The van der Waals surface area contributed by atoms with E-state index in [9.17, 15) is 0 Å². The van der Waals surface area contributed by atoms with Crippen molar-refractivity contribution in [2.75, 3.05) is 21.3 Å². The van der Waals surface area contributed by atoms with Gasteiger partial charge < -0.3 is 14.2 Å². The van der Waals surface area contributed by atoms with E-state index in [-0.39, 0.29) is 0 Å². The third-order valence-corrected chi connectivity index (χ3v) is 5.01. The van der Waals surface area contributed by atoms with Crippen LogP contribution in [0.5, 0.6) is 17.2 Å². The van der Waals surface area contributed by atoms with Crippen LogP contribution in [0.1, 0.15) is 12.5 Å². The summed E-state index contributed by atoms with van der Waals surface area (Å²) in [5.41, 5.74) is 4.43. The van der Waals surface area contributed by atoms with Crippen LogP contribution in [-0.2, 0) is 6.42 Å². The van der Waals surface area contributed by atoms with E-state index in [2.05, 4.69) is 35.6 Å². The Morgan fingerprint density at radius 2 is 1.68 bits per heavy atom. The van der Waals surface area contributed by atoms with Crippen LogP contribution in [-0.4, -0.2) is 25.7 Å². The van der Waals surface area contributed by atoms with Gasteiger partial charge in [-0.2, -0.15) is 4.37 Å². The molecule has 1 aromatic heterocycles. The summed E-state index contributed by atoms with van der Waals surface area (Å²) in [5.74, 6) is 2.03. The SMILES string of the molecule is CCc1ccc(-c2cnsc2-c2cc(OC)cc(OC)c2OC)cc1. The molecule has 0 aliphatic heterocycles. The van der Waals surface area contributed by atoms with E-state index in [0.29, 0.717) is 17.2 Å². The van der Waals surface area contributed by atoms with E-state index in [4.69, 9.17) is 14.2 Å². The van der Waals surface area contributed by atoms with Crippen molar-refractivity contribution in [1.29, 1.82) is 0 Å². The van der Waals surface area contributed by atoms with Crippen molar-refractivity contribution in [3.63, 3.8) is 0 Å². The minimum Gasteiger partial charge on any atom is -0.497 e. The maximum Gasteiger partial charge on any atom is 0.169 e. The number of benzene rings is 2. The highest BCUT2D eigenvalue weighted by atomic mass is 32.1. The molecule has 4 nitrogen and oxygen atoms in total. The van der Waals surface area contributed by atoms with Gasteiger partial charge in [-0.05, 0) is 35.1 Å². The summed E-state index contributed by atoms with van der Waals surface area (Å²) in [6, 6.07) is 12.4. The van der Waals surface area contributed by atoms with Gasteiger partial charge in [0.1, 0.15) is 5.75 Å². The molecule has 0 atom stereocenters. The van der Waals surface area contributed by atoms with Crippen LogP contribution >= 0.6 is 11.5 Å². The Balaban J connectivity index is 2.16. The van der Waals surface area contributed by atoms with Gasteiger partial charge in [0.2, 0.25) is 0 Å². The van der Waals surface area contributed by atoms with Crippen LogP contribution in [0.4, 0.5) is 0 Å². The topological polar surface area (TPSA) is 40.6 Å². The molecular weight excluding hydrogens is 334 g/mol. The highest BCUT2D eigenvalue weighted by Gasteiger charge is 2.19. The number of ether oxygens (including phenoxy) is 3. The standard InChI is InChI=1S/C20H21NO3S/c1-5-13-6-8-14(9-7-13)17-12-21-25-20(17)16-10-15(22-2)11-18(23-3)19(16)24-4/h6-12H,5H2,1-4H3. The fourth-order valence-corrected chi connectivity index (χ4v) is 3.57. The maximum absolute atomic E-state index is 5.62. The second-order valence-corrected chi connectivity index (χ2v) is 6.33. The van der Waals surface area contributed by atoms with E-state index in [1.807, 2.05) is 18.3 Å². The first-order valence-electron chi connectivity index (χ1n) is 8.06. The van der Waals surface area contributed by atoms with Crippen molar-refractivity contribution in [1.82, 2.24) is 4.37 Å². The highest BCUT2D eigenvalue weighted by Crippen LogP contribution is 2.46. The zero-order chi connectivity index (χ0) is 17.8. The van der Waals surface area contributed by atoms with Gasteiger partial charge >= 0.3 is 0 Å². The van der Waals surface area contributed by atoms with Crippen molar-refractivity contribution in [3.05, 3.63) is 48.2 Å². The molecule has 2 aromatic carbocycles. The predicted molar refractivity (Wildman–Crippen MR) is 102 cm³/mol. The van der Waals surface area contributed by atoms with Gasteiger partial charge in [-0.25, -0.2) is 0 Å². The van der Waals surface area contributed by atoms with Crippen LogP contribution in [0.25, 0.3) is 21.6 Å². The summed E-state index contributed by atoms with van der Waals surface area (Å²) >= 11 is 1.43. The number of methoxy groups -OCH3 is 3. The molecule has 0 amide bonds. The normalized spacial score (nSPS) is 10.6. The van der Waals surface area contributed by atoms with Crippen LogP contribution in [0.3, 0.4) is 0 Å². The molecule has 0 saturated heterocycles. The first-order chi connectivity index (χ1) is 12.2. The zero-order valence-electron chi connectivity index (χ0n) is 14.8. The number of aromatic nitrogens is 1. The Hall–Kier alpha value is -2.53. The first-order valence-corrected chi connectivity index (χ1v) is 8.83. The van der Waals surface area contributed by atoms with Crippen molar-refractivity contribution in [2.45, 2.75) is 13.3 Å². The average Bonchev–Trinajstić information content (AvgIpc) is 3.16. The molecule has 0 fully saturated rings. The number of hydrogen-bond donors (Lipinski definition) is 0. The van der Waals surface area contributed by atoms with Crippen molar-refractivity contribution in [3.8, 4) is 38.8 Å². The lowest BCUT2D eigenvalue weighted by Gasteiger charge is -2.15. The first kappa shape index (κ1) is 17.3. The maximum atomic E-state index is 5.62. The number of nitrogens with zero attached hydrogens (tertiary/aromatic N) is 1. The van der Waals surface area contributed by atoms with Crippen LogP contribution in [0.15, 0.2) is 42.6 Å². The smallest absolute Gasteiger partial charge is 0.169 e. The lowest BCUT2D eigenvalue weighted by atomic mass is 10.0. The predicted octanol–water partition coefficient (Wildman–Crippen LogP) is 5.07. The second-order valence-electron chi connectivity index (χ2n) is 5.53. The van der Waals surface area contributed by atoms with E-state index in [1.165, 1.54) is 17.1 Å². The lowest BCUT2D eigenvalue weighted by molar-refractivity contribution is 0.350. The molecule has 0 bridgehead atoms. The highest BCUT2D eigenvalue weighted by molar-refractivity contribution is 7.10. The molecule has 130 valence electrons. The quantitative estimate of drug-likeness (QED) is 0.619. The molecule has 25 heavy (non-hydrogen) atoms. The van der Waals surface area contributed by atoms with Gasteiger partial charge in [0.15, 0.2) is 11.5 Å². The Labute approximate surface area is 152 Å². The molecule has 1 heterocycles. The summed E-state index contributed by atoms with van der Waals surface area (Å²) in [4.78, 5) is 1.03. The number of hydrogen-bond acceptors (Lipinski definition) is 5. The molecule has 0 aliphatic rings. The fraction of sp³-hybridized carbons (Fsp3) is 0.250. The minimum atomic E-state index is 0.637. The largest absolute Gasteiger partial charge is 0.497 e. The van der Waals surface area contributed by atoms with Crippen molar-refractivity contribution < 1.29 is 14.2 Å². The summed E-state index contributed by atoms with van der Waals surface area (Å²) in [6.45, 7) is 2.15. The molecule has 3 rings (SSSR count). The lowest BCUT2D eigenvalue weighted by Crippen LogP contribution is -1.95. The van der Waals surface area contributed by atoms with Gasteiger partial charge in [-0.3, -0.25) is 0 Å². The van der Waals surface area contributed by atoms with Crippen LogP contribution in [0.2, 0.25) is 0 Å². The van der Waals surface area contributed by atoms with Gasteiger partial charge in [-0.1, -0.05) is 31.2 Å². The Morgan fingerprint density at radius 1 is 0.920 bits per heavy atom. The fourth-order valence-electron chi connectivity index (χ4n) is 2.79. The summed E-state index contributed by atoms with van der Waals surface area (Å²) in [5, 5.41) is 0. The third-order valence-electron chi connectivity index (χ3n) is 4.18. The van der Waals surface area contributed by atoms with E-state index in [1.54, 1.807) is 21.3 Å². The Bertz CT molecular complexity index is 856. The molecule has 0 spiro atoms. The summed E-state index contributed by atoms with van der Waals surface area (Å²) < 4.78 is 20.9. The average molecular weight is 355 g/mol. The van der Waals surface area contributed by atoms with Gasteiger partial charge in [0, 0.05) is 23.4 Å². The summed E-state index contributed by atoms with van der Waals surface area (Å²) in [7, 11) is 4.91. The van der Waals surface area contributed by atoms with Crippen LogP contribution < -0.4 is 14.2 Å². The molecule has 0 saturated carbocycles. The van der Waals surface area contributed by atoms with Crippen molar-refractivity contribution >= 4 is 11.5 Å². The monoisotopic (exact) mass is 355 g/mol. The summed E-state index contributed by atoms with van der Waals surface area (Å²) in [6.07, 6.45) is 2.92. The molecule has 0 N–H and O–H groups in total. The van der Waals surface area contributed by atoms with E-state index in [0.717, 1.165) is 28.0 Å². The molecule has 0 unspecified atom stereocenters. The molecule has 3 aromatic rings. The van der Waals surface area contributed by atoms with E-state index < -0.39 is 0 Å². The minimum absolute atomic E-state index is 0.637. The van der Waals surface area contributed by atoms with Gasteiger partial charge in [-0.15, -0.1) is 0 Å². The molecule has 0 aliphatic carbocycles. The Kier molecular flexibility index (Phi) is 5.24. The van der Waals surface area contributed by atoms with Crippen molar-refractivity contribution in [2.24, 2.45) is 0 Å². The second kappa shape index (κ2) is 7.57. The number of aryl methyl sites for hydroxylation is 1. The van der Waals surface area contributed by atoms with Gasteiger partial charge in [0.25, 0.3) is 0 Å². The molecule has 5 heteroatoms. The third kappa shape index (κ3) is 3.33.